The predicted molar refractivity (Wildman–Crippen MR) is 101 cm³/mol. The average molecular weight is 366 g/mol. The fourth-order valence-corrected chi connectivity index (χ4v) is 3.36. The molecule has 1 aliphatic rings. The lowest BCUT2D eigenvalue weighted by Crippen LogP contribution is -2.28. The fraction of sp³-hybridized carbons (Fsp3) is 0.250. The van der Waals surface area contributed by atoms with Crippen LogP contribution in [0.3, 0.4) is 0 Å². The molecule has 1 aromatic heterocycles. The van der Waals surface area contributed by atoms with E-state index in [0.29, 0.717) is 11.2 Å². The molecule has 6 nitrogen and oxygen atoms in total. The lowest BCUT2D eigenvalue weighted by atomic mass is 10.1. The molecular weight excluding hydrogens is 347 g/mol. The third-order valence-electron chi connectivity index (χ3n) is 4.90. The highest BCUT2D eigenvalue weighted by Gasteiger charge is 2.37. The highest BCUT2D eigenvalue weighted by atomic mass is 19.1. The Balaban J connectivity index is 1.52. The molecular formula is C20H19FN4O2. The normalized spacial score (nSPS) is 16.9. The van der Waals surface area contributed by atoms with Crippen LogP contribution in [0.15, 0.2) is 42.5 Å². The van der Waals surface area contributed by atoms with Crippen LogP contribution in [0.1, 0.15) is 18.9 Å². The molecule has 1 atom stereocenters. The minimum atomic E-state index is -0.512. The number of carbonyl (C=O) groups excluding carboxylic acids is 2. The summed E-state index contributed by atoms with van der Waals surface area (Å²) in [6, 6.07) is 12.2. The predicted octanol–water partition coefficient (Wildman–Crippen LogP) is 3.26. The van der Waals surface area contributed by atoms with Gasteiger partial charge in [0.25, 0.3) is 0 Å². The molecule has 2 N–H and O–H groups in total. The van der Waals surface area contributed by atoms with Crippen molar-refractivity contribution < 1.29 is 14.0 Å². The zero-order valence-corrected chi connectivity index (χ0v) is 14.8. The smallest absolute Gasteiger partial charge is 0.229 e. The number of nitrogens with zero attached hydrogens (tertiary/aromatic N) is 2. The van der Waals surface area contributed by atoms with Gasteiger partial charge in [-0.2, -0.15) is 5.10 Å². The van der Waals surface area contributed by atoms with Crippen molar-refractivity contribution in [3.63, 3.8) is 0 Å². The van der Waals surface area contributed by atoms with Gasteiger partial charge in [-0.3, -0.25) is 19.6 Å². The SMILES string of the molecule is CCc1ccc(NC(=O)C2CC(=O)N(c3n[nH]c4cccc(F)c34)C2)cc1. The maximum Gasteiger partial charge on any atom is 0.229 e. The van der Waals surface area contributed by atoms with E-state index in [2.05, 4.69) is 22.4 Å². The summed E-state index contributed by atoms with van der Waals surface area (Å²) < 4.78 is 14.2. The Morgan fingerprint density at radius 2 is 2.07 bits per heavy atom. The van der Waals surface area contributed by atoms with Crippen molar-refractivity contribution in [1.82, 2.24) is 10.2 Å². The number of carbonyl (C=O) groups is 2. The lowest BCUT2D eigenvalue weighted by Gasteiger charge is -2.14. The van der Waals surface area contributed by atoms with Gasteiger partial charge in [0.15, 0.2) is 5.82 Å². The maximum absolute atomic E-state index is 14.2. The highest BCUT2D eigenvalue weighted by molar-refractivity contribution is 6.07. The third-order valence-corrected chi connectivity index (χ3v) is 4.90. The summed E-state index contributed by atoms with van der Waals surface area (Å²) >= 11 is 0. The van der Waals surface area contributed by atoms with Crippen molar-refractivity contribution in [3.05, 3.63) is 53.8 Å². The summed E-state index contributed by atoms with van der Waals surface area (Å²) in [4.78, 5) is 26.4. The molecule has 4 rings (SSSR count). The lowest BCUT2D eigenvalue weighted by molar-refractivity contribution is -0.122. The average Bonchev–Trinajstić information content (AvgIpc) is 3.26. The second-order valence-electron chi connectivity index (χ2n) is 6.65. The van der Waals surface area contributed by atoms with Gasteiger partial charge in [-0.15, -0.1) is 0 Å². The Labute approximate surface area is 155 Å². The summed E-state index contributed by atoms with van der Waals surface area (Å²) in [7, 11) is 0. The van der Waals surface area contributed by atoms with Crippen molar-refractivity contribution >= 4 is 34.2 Å². The van der Waals surface area contributed by atoms with Gasteiger partial charge in [0.1, 0.15) is 5.82 Å². The van der Waals surface area contributed by atoms with Crippen molar-refractivity contribution in [2.24, 2.45) is 5.92 Å². The molecule has 1 aliphatic heterocycles. The molecule has 27 heavy (non-hydrogen) atoms. The molecule has 2 amide bonds. The number of fused-ring (bicyclic) bond motifs is 1. The van der Waals surface area contributed by atoms with Crippen LogP contribution < -0.4 is 10.2 Å². The summed E-state index contributed by atoms with van der Waals surface area (Å²) in [5, 5.41) is 9.95. The topological polar surface area (TPSA) is 78.1 Å². The molecule has 2 aromatic carbocycles. The van der Waals surface area contributed by atoms with Gasteiger partial charge in [0.05, 0.1) is 16.8 Å². The number of nitrogens with one attached hydrogen (secondary N) is 2. The van der Waals surface area contributed by atoms with Gasteiger partial charge >= 0.3 is 0 Å². The molecule has 138 valence electrons. The summed E-state index contributed by atoms with van der Waals surface area (Å²) in [6.07, 6.45) is 0.996. The van der Waals surface area contributed by atoms with E-state index in [4.69, 9.17) is 0 Å². The van der Waals surface area contributed by atoms with Gasteiger partial charge in [-0.25, -0.2) is 4.39 Å². The number of aryl methyl sites for hydroxylation is 1. The van der Waals surface area contributed by atoms with Gasteiger partial charge < -0.3 is 5.32 Å². The van der Waals surface area contributed by atoms with Crippen molar-refractivity contribution in [1.29, 1.82) is 0 Å². The van der Waals surface area contributed by atoms with Crippen LogP contribution in [-0.4, -0.2) is 28.6 Å². The zero-order valence-electron chi connectivity index (χ0n) is 14.8. The molecule has 1 saturated heterocycles. The van der Waals surface area contributed by atoms with Crippen molar-refractivity contribution in [2.45, 2.75) is 19.8 Å². The van der Waals surface area contributed by atoms with E-state index in [9.17, 15) is 14.0 Å². The molecule has 1 unspecified atom stereocenters. The first-order valence-electron chi connectivity index (χ1n) is 8.89. The number of halogens is 1. The standard InChI is InChI=1S/C20H19FN4O2/c1-2-12-6-8-14(9-7-12)22-20(27)13-10-17(26)25(11-13)19-18-15(21)4-3-5-16(18)23-24-19/h3-9,13H,2,10-11H2,1H3,(H,22,27)(H,23,24). The van der Waals surface area contributed by atoms with Crippen LogP contribution in [0.2, 0.25) is 0 Å². The number of benzene rings is 2. The summed E-state index contributed by atoms with van der Waals surface area (Å²) in [6.45, 7) is 2.24. The number of anilines is 2. The van der Waals surface area contributed by atoms with Gasteiger partial charge in [0.2, 0.25) is 11.8 Å². The molecule has 7 heteroatoms. The van der Waals surface area contributed by atoms with E-state index in [1.165, 1.54) is 16.5 Å². The molecule has 2 heterocycles. The van der Waals surface area contributed by atoms with Crippen LogP contribution in [0.4, 0.5) is 15.9 Å². The van der Waals surface area contributed by atoms with E-state index in [0.717, 1.165) is 6.42 Å². The van der Waals surface area contributed by atoms with Crippen LogP contribution in [0, 0.1) is 11.7 Å². The van der Waals surface area contributed by atoms with Crippen molar-refractivity contribution in [3.8, 4) is 0 Å². The van der Waals surface area contributed by atoms with E-state index in [-0.39, 0.29) is 36.0 Å². The zero-order chi connectivity index (χ0) is 19.0. The molecule has 3 aromatic rings. The largest absolute Gasteiger partial charge is 0.326 e. The van der Waals surface area contributed by atoms with Crippen LogP contribution in [0.5, 0.6) is 0 Å². The molecule has 0 saturated carbocycles. The molecule has 0 bridgehead atoms. The van der Waals surface area contributed by atoms with Gasteiger partial charge in [-0.1, -0.05) is 25.1 Å². The molecule has 1 fully saturated rings. The number of rotatable bonds is 4. The quantitative estimate of drug-likeness (QED) is 0.744. The van der Waals surface area contributed by atoms with E-state index < -0.39 is 11.7 Å². The van der Waals surface area contributed by atoms with Crippen LogP contribution in [0.25, 0.3) is 10.9 Å². The van der Waals surface area contributed by atoms with E-state index in [1.807, 2.05) is 24.3 Å². The Morgan fingerprint density at radius 1 is 1.30 bits per heavy atom. The number of hydrogen-bond donors (Lipinski definition) is 2. The fourth-order valence-electron chi connectivity index (χ4n) is 3.36. The van der Waals surface area contributed by atoms with Crippen LogP contribution >= 0.6 is 0 Å². The maximum atomic E-state index is 14.2. The third kappa shape index (κ3) is 3.16. The number of aromatic amines is 1. The second kappa shape index (κ2) is 6.83. The summed E-state index contributed by atoms with van der Waals surface area (Å²) in [5.41, 5.74) is 2.39. The minimum absolute atomic E-state index is 0.0711. The molecule has 0 spiro atoms. The first-order chi connectivity index (χ1) is 13.1. The second-order valence-corrected chi connectivity index (χ2v) is 6.65. The Bertz CT molecular complexity index is 1010. The van der Waals surface area contributed by atoms with E-state index >= 15 is 0 Å². The first-order valence-corrected chi connectivity index (χ1v) is 8.89. The van der Waals surface area contributed by atoms with Crippen LogP contribution in [-0.2, 0) is 16.0 Å². The number of aromatic nitrogens is 2. The minimum Gasteiger partial charge on any atom is -0.326 e. The first kappa shape index (κ1) is 17.2. The monoisotopic (exact) mass is 366 g/mol. The van der Waals surface area contributed by atoms with E-state index in [1.54, 1.807) is 12.1 Å². The Morgan fingerprint density at radius 3 is 2.81 bits per heavy atom. The number of H-pyrrole nitrogens is 1. The van der Waals surface area contributed by atoms with Gasteiger partial charge in [-0.05, 0) is 36.2 Å². The number of hydrogen-bond acceptors (Lipinski definition) is 3. The Kier molecular flexibility index (Phi) is 4.35. The highest BCUT2D eigenvalue weighted by Crippen LogP contribution is 2.31. The van der Waals surface area contributed by atoms with Gasteiger partial charge in [0, 0.05) is 18.7 Å². The molecule has 0 radical (unpaired) electrons. The molecule has 0 aliphatic carbocycles. The number of amides is 2. The Hall–Kier alpha value is -3.22. The summed E-state index contributed by atoms with van der Waals surface area (Å²) in [5.74, 6) is -1.20. The van der Waals surface area contributed by atoms with Crippen molar-refractivity contribution in [2.75, 3.05) is 16.8 Å².